The fourth-order valence-corrected chi connectivity index (χ4v) is 3.56. The van der Waals surface area contributed by atoms with Crippen LogP contribution in [0.1, 0.15) is 57.1 Å². The minimum Gasteiger partial charge on any atom is -0.336 e. The van der Waals surface area contributed by atoms with Gasteiger partial charge in [0.1, 0.15) is 0 Å². The summed E-state index contributed by atoms with van der Waals surface area (Å²) in [6.45, 7) is 3.02. The molecule has 1 saturated heterocycles. The van der Waals surface area contributed by atoms with Gasteiger partial charge in [0.15, 0.2) is 0 Å². The Balaban J connectivity index is 1.66. The summed E-state index contributed by atoms with van der Waals surface area (Å²) in [5.41, 5.74) is 1.11. The number of carbonyl (C=O) groups is 3. The first-order valence-corrected chi connectivity index (χ1v) is 9.24. The van der Waals surface area contributed by atoms with Gasteiger partial charge in [-0.3, -0.25) is 19.3 Å². The first-order valence-electron chi connectivity index (χ1n) is 9.24. The first-order chi connectivity index (χ1) is 12.1. The highest BCUT2D eigenvalue weighted by atomic mass is 16.2. The summed E-state index contributed by atoms with van der Waals surface area (Å²) in [6.07, 6.45) is 4.35. The highest BCUT2D eigenvalue weighted by Gasteiger charge is 2.31. The van der Waals surface area contributed by atoms with E-state index in [1.54, 1.807) is 0 Å². The van der Waals surface area contributed by atoms with E-state index in [9.17, 15) is 14.4 Å². The van der Waals surface area contributed by atoms with Gasteiger partial charge in [-0.15, -0.1) is 0 Å². The standard InChI is InChI=1S/C20H26N2O3/c1-15(17-8-3-2-4-9-17)22(14-16-6-5-7-16)20(25)12-13-21-18(23)10-11-19(21)24/h2-4,8-9,15-16H,5-7,10-14H2,1H3/t15-/m0/s1. The lowest BCUT2D eigenvalue weighted by atomic mass is 9.84. The molecular weight excluding hydrogens is 316 g/mol. The van der Waals surface area contributed by atoms with Crippen LogP contribution >= 0.6 is 0 Å². The van der Waals surface area contributed by atoms with Crippen molar-refractivity contribution in [1.82, 2.24) is 9.80 Å². The summed E-state index contributed by atoms with van der Waals surface area (Å²) in [5.74, 6) is 0.291. The van der Waals surface area contributed by atoms with Crippen LogP contribution in [0.25, 0.3) is 0 Å². The molecule has 5 heteroatoms. The van der Waals surface area contributed by atoms with Crippen molar-refractivity contribution >= 4 is 17.7 Å². The number of hydrogen-bond donors (Lipinski definition) is 0. The molecule has 1 saturated carbocycles. The van der Waals surface area contributed by atoms with Crippen LogP contribution in [0.5, 0.6) is 0 Å². The third-order valence-corrected chi connectivity index (χ3v) is 5.45. The minimum atomic E-state index is -0.153. The lowest BCUT2D eigenvalue weighted by Crippen LogP contribution is -2.41. The second kappa shape index (κ2) is 7.81. The number of nitrogens with zero attached hydrogens (tertiary/aromatic N) is 2. The summed E-state index contributed by atoms with van der Waals surface area (Å²) in [6, 6.07) is 10.0. The zero-order valence-electron chi connectivity index (χ0n) is 14.8. The largest absolute Gasteiger partial charge is 0.336 e. The first kappa shape index (κ1) is 17.6. The van der Waals surface area contributed by atoms with Crippen molar-refractivity contribution < 1.29 is 14.4 Å². The Morgan fingerprint density at radius 3 is 2.36 bits per heavy atom. The minimum absolute atomic E-state index is 0.000666. The fourth-order valence-electron chi connectivity index (χ4n) is 3.56. The van der Waals surface area contributed by atoms with Crippen LogP contribution < -0.4 is 0 Å². The molecule has 0 radical (unpaired) electrons. The summed E-state index contributed by atoms with van der Waals surface area (Å²) < 4.78 is 0. The van der Waals surface area contributed by atoms with Crippen molar-refractivity contribution in [3.05, 3.63) is 35.9 Å². The number of rotatable bonds is 7. The van der Waals surface area contributed by atoms with Crippen LogP contribution in [0.2, 0.25) is 0 Å². The fraction of sp³-hybridized carbons (Fsp3) is 0.550. The van der Waals surface area contributed by atoms with Crippen LogP contribution in [0.15, 0.2) is 30.3 Å². The van der Waals surface area contributed by atoms with Crippen molar-refractivity contribution in [2.45, 2.75) is 51.5 Å². The number of hydrogen-bond acceptors (Lipinski definition) is 3. The van der Waals surface area contributed by atoms with Gasteiger partial charge >= 0.3 is 0 Å². The van der Waals surface area contributed by atoms with Gasteiger partial charge in [-0.25, -0.2) is 0 Å². The maximum Gasteiger partial charge on any atom is 0.229 e. The van der Waals surface area contributed by atoms with E-state index in [0.717, 1.165) is 12.1 Å². The van der Waals surface area contributed by atoms with E-state index >= 15 is 0 Å². The van der Waals surface area contributed by atoms with E-state index in [1.165, 1.54) is 24.2 Å². The number of carbonyl (C=O) groups excluding carboxylic acids is 3. The second-order valence-corrected chi connectivity index (χ2v) is 7.12. The third kappa shape index (κ3) is 4.09. The zero-order valence-corrected chi connectivity index (χ0v) is 14.8. The monoisotopic (exact) mass is 342 g/mol. The Bertz CT molecular complexity index is 624. The Kier molecular flexibility index (Phi) is 5.51. The van der Waals surface area contributed by atoms with Gasteiger partial charge in [0.25, 0.3) is 0 Å². The molecule has 0 aromatic heterocycles. The van der Waals surface area contributed by atoms with Crippen molar-refractivity contribution in [2.24, 2.45) is 5.92 Å². The van der Waals surface area contributed by atoms with Gasteiger partial charge in [-0.2, -0.15) is 0 Å². The number of imide groups is 1. The van der Waals surface area contributed by atoms with E-state index in [0.29, 0.717) is 5.92 Å². The molecule has 0 unspecified atom stereocenters. The SMILES string of the molecule is C[C@@H](c1ccccc1)N(CC1CCC1)C(=O)CCN1C(=O)CCC1=O. The molecule has 1 aromatic carbocycles. The average Bonchev–Trinajstić information content (AvgIpc) is 2.90. The predicted molar refractivity (Wildman–Crippen MR) is 94.5 cm³/mol. The quantitative estimate of drug-likeness (QED) is 0.716. The van der Waals surface area contributed by atoms with E-state index < -0.39 is 0 Å². The van der Waals surface area contributed by atoms with Crippen molar-refractivity contribution in [1.29, 1.82) is 0 Å². The molecule has 1 heterocycles. The molecule has 134 valence electrons. The zero-order chi connectivity index (χ0) is 17.8. The van der Waals surface area contributed by atoms with E-state index in [2.05, 4.69) is 6.92 Å². The molecular formula is C20H26N2O3. The van der Waals surface area contributed by atoms with Crippen molar-refractivity contribution in [2.75, 3.05) is 13.1 Å². The van der Waals surface area contributed by atoms with Gasteiger partial charge in [-0.1, -0.05) is 36.8 Å². The maximum atomic E-state index is 12.9. The van der Waals surface area contributed by atoms with Gasteiger partial charge in [-0.05, 0) is 31.2 Å². The van der Waals surface area contributed by atoms with E-state index in [1.807, 2.05) is 35.2 Å². The van der Waals surface area contributed by atoms with Gasteiger partial charge in [0.2, 0.25) is 17.7 Å². The molecule has 3 amide bonds. The van der Waals surface area contributed by atoms with Crippen LogP contribution in [0.3, 0.4) is 0 Å². The Labute approximate surface area is 149 Å². The summed E-state index contributed by atoms with van der Waals surface area (Å²) in [4.78, 5) is 39.5. The number of amides is 3. The van der Waals surface area contributed by atoms with Crippen molar-refractivity contribution in [3.8, 4) is 0 Å². The molecule has 0 bridgehead atoms. The van der Waals surface area contributed by atoms with Gasteiger partial charge in [0, 0.05) is 32.4 Å². The number of benzene rings is 1. The second-order valence-electron chi connectivity index (χ2n) is 7.12. The lowest BCUT2D eigenvalue weighted by Gasteiger charge is -2.36. The molecule has 2 aliphatic rings. The third-order valence-electron chi connectivity index (χ3n) is 5.45. The van der Waals surface area contributed by atoms with Gasteiger partial charge < -0.3 is 4.90 Å². The molecule has 1 aliphatic carbocycles. The Morgan fingerprint density at radius 1 is 1.16 bits per heavy atom. The predicted octanol–water partition coefficient (Wildman–Crippen LogP) is 2.92. The Hall–Kier alpha value is -2.17. The average molecular weight is 342 g/mol. The summed E-state index contributed by atoms with van der Waals surface area (Å²) >= 11 is 0. The highest BCUT2D eigenvalue weighted by molar-refractivity contribution is 6.02. The van der Waals surface area contributed by atoms with Crippen molar-refractivity contribution in [3.63, 3.8) is 0 Å². The highest BCUT2D eigenvalue weighted by Crippen LogP contribution is 2.31. The molecule has 2 fully saturated rings. The molecule has 25 heavy (non-hydrogen) atoms. The molecule has 0 spiro atoms. The summed E-state index contributed by atoms with van der Waals surface area (Å²) in [5, 5.41) is 0. The maximum absolute atomic E-state index is 12.9. The molecule has 1 aliphatic heterocycles. The van der Waals surface area contributed by atoms with Crippen LogP contribution in [-0.2, 0) is 14.4 Å². The number of likely N-dealkylation sites (tertiary alicyclic amines) is 1. The Morgan fingerprint density at radius 2 is 1.80 bits per heavy atom. The summed E-state index contributed by atoms with van der Waals surface area (Å²) in [7, 11) is 0. The lowest BCUT2D eigenvalue weighted by molar-refractivity contribution is -0.140. The molecule has 0 N–H and O–H groups in total. The van der Waals surface area contributed by atoms with E-state index in [4.69, 9.17) is 0 Å². The van der Waals surface area contributed by atoms with Gasteiger partial charge in [0.05, 0.1) is 6.04 Å². The van der Waals surface area contributed by atoms with Crippen LogP contribution in [0, 0.1) is 5.92 Å². The molecule has 3 rings (SSSR count). The molecule has 5 nitrogen and oxygen atoms in total. The van der Waals surface area contributed by atoms with Crippen LogP contribution in [-0.4, -0.2) is 40.6 Å². The smallest absolute Gasteiger partial charge is 0.229 e. The molecule has 1 aromatic rings. The normalized spacial score (nSPS) is 19.0. The molecule has 1 atom stereocenters. The van der Waals surface area contributed by atoms with Crippen LogP contribution in [0.4, 0.5) is 0 Å². The van der Waals surface area contributed by atoms with E-state index in [-0.39, 0.29) is 49.6 Å². The topological polar surface area (TPSA) is 57.7 Å².